The van der Waals surface area contributed by atoms with Gasteiger partial charge in [-0.05, 0) is 49.2 Å². The van der Waals surface area contributed by atoms with Gasteiger partial charge in [0, 0.05) is 12.1 Å². The largest absolute Gasteiger partial charge is 0.495 e. The third kappa shape index (κ3) is 5.29. The average Bonchev–Trinajstić information content (AvgIpc) is 2.79. The molecule has 33 heavy (non-hydrogen) atoms. The molecule has 3 aromatic carbocycles. The number of sulfonamides is 1. The number of nitro groups is 1. The van der Waals surface area contributed by atoms with Crippen LogP contribution in [0, 0.1) is 24.0 Å². The molecule has 0 unspecified atom stereocenters. The average molecular weight is 470 g/mol. The lowest BCUT2D eigenvalue weighted by atomic mass is 10.2. The number of nitrogens with one attached hydrogen (secondary N) is 1. The summed E-state index contributed by atoms with van der Waals surface area (Å²) in [5, 5.41) is 13.7. The monoisotopic (exact) mass is 469 g/mol. The van der Waals surface area contributed by atoms with Crippen molar-refractivity contribution in [3.05, 3.63) is 88.0 Å². The van der Waals surface area contributed by atoms with E-state index in [4.69, 9.17) is 4.74 Å². The zero-order valence-corrected chi connectivity index (χ0v) is 19.1. The van der Waals surface area contributed by atoms with Gasteiger partial charge in [0.2, 0.25) is 5.91 Å². The van der Waals surface area contributed by atoms with Crippen molar-refractivity contribution >= 4 is 33.0 Å². The second-order valence-corrected chi connectivity index (χ2v) is 9.14. The number of methoxy groups -OCH3 is 1. The Morgan fingerprint density at radius 1 is 1.06 bits per heavy atom. The SMILES string of the molecule is COc1ccc(C)cc1S(=O)(=O)N(CC(=O)Nc1cc([N+](=O)[O-])ccc1C)c1ccccc1. The molecule has 0 spiro atoms. The highest BCUT2D eigenvalue weighted by molar-refractivity contribution is 7.93. The standard InChI is InChI=1S/C23H23N3O6S/c1-16-9-12-21(32-3)22(13-16)33(30,31)25(18-7-5-4-6-8-18)15-23(27)24-20-14-19(26(28)29)11-10-17(20)2/h4-14H,15H2,1-3H3,(H,24,27). The molecule has 3 rings (SSSR count). The van der Waals surface area contributed by atoms with Crippen LogP contribution in [0.15, 0.2) is 71.6 Å². The molecule has 10 heteroatoms. The van der Waals surface area contributed by atoms with Gasteiger partial charge in [-0.2, -0.15) is 0 Å². The predicted octanol–water partition coefficient (Wildman–Crippen LogP) is 4.05. The molecule has 0 aliphatic rings. The lowest BCUT2D eigenvalue weighted by molar-refractivity contribution is -0.384. The first-order chi connectivity index (χ1) is 15.6. The summed E-state index contributed by atoms with van der Waals surface area (Å²) in [4.78, 5) is 23.3. The lowest BCUT2D eigenvalue weighted by Gasteiger charge is -2.25. The Bertz CT molecular complexity index is 1290. The predicted molar refractivity (Wildman–Crippen MR) is 125 cm³/mol. The minimum Gasteiger partial charge on any atom is -0.495 e. The second-order valence-electron chi connectivity index (χ2n) is 7.31. The minimum atomic E-state index is -4.20. The van der Waals surface area contributed by atoms with E-state index in [1.807, 2.05) is 0 Å². The van der Waals surface area contributed by atoms with Gasteiger partial charge in [-0.1, -0.05) is 30.3 Å². The minimum absolute atomic E-state index is 0.0758. The Morgan fingerprint density at radius 3 is 2.39 bits per heavy atom. The molecule has 0 saturated carbocycles. The molecule has 0 aliphatic heterocycles. The van der Waals surface area contributed by atoms with Crippen molar-refractivity contribution in [3.8, 4) is 5.75 Å². The second kappa shape index (κ2) is 9.70. The van der Waals surface area contributed by atoms with Crippen LogP contribution in [-0.4, -0.2) is 32.9 Å². The summed E-state index contributed by atoms with van der Waals surface area (Å²) >= 11 is 0. The van der Waals surface area contributed by atoms with Gasteiger partial charge in [-0.3, -0.25) is 19.2 Å². The van der Waals surface area contributed by atoms with Gasteiger partial charge in [0.1, 0.15) is 17.2 Å². The lowest BCUT2D eigenvalue weighted by Crippen LogP contribution is -2.38. The van der Waals surface area contributed by atoms with Crippen molar-refractivity contribution < 1.29 is 22.9 Å². The van der Waals surface area contributed by atoms with Gasteiger partial charge < -0.3 is 10.1 Å². The third-order valence-electron chi connectivity index (χ3n) is 4.92. The normalized spacial score (nSPS) is 11.0. The fourth-order valence-electron chi connectivity index (χ4n) is 3.19. The van der Waals surface area contributed by atoms with E-state index in [0.29, 0.717) is 11.1 Å². The van der Waals surface area contributed by atoms with E-state index in [1.54, 1.807) is 56.3 Å². The Hall–Kier alpha value is -3.92. The Labute approximate surface area is 191 Å². The molecular formula is C23H23N3O6S. The molecule has 0 heterocycles. The number of aryl methyl sites for hydroxylation is 2. The number of amides is 1. The number of nitro benzene ring substituents is 1. The molecule has 0 aromatic heterocycles. The van der Waals surface area contributed by atoms with Crippen molar-refractivity contribution in [2.24, 2.45) is 0 Å². The number of non-ortho nitro benzene ring substituents is 1. The molecule has 0 radical (unpaired) electrons. The number of carbonyl (C=O) groups excluding carboxylic acids is 1. The van der Waals surface area contributed by atoms with Crippen LogP contribution in [0.2, 0.25) is 0 Å². The summed E-state index contributed by atoms with van der Waals surface area (Å²) in [6.45, 7) is 2.89. The van der Waals surface area contributed by atoms with E-state index in [9.17, 15) is 23.3 Å². The Balaban J connectivity index is 2.00. The summed E-state index contributed by atoms with van der Waals surface area (Å²) in [7, 11) is -2.83. The molecule has 172 valence electrons. The summed E-state index contributed by atoms with van der Waals surface area (Å²) in [6.07, 6.45) is 0. The fourth-order valence-corrected chi connectivity index (χ4v) is 4.86. The molecule has 1 amide bonds. The molecule has 0 aliphatic carbocycles. The third-order valence-corrected chi connectivity index (χ3v) is 6.72. The van der Waals surface area contributed by atoms with Crippen LogP contribution >= 0.6 is 0 Å². The Kier molecular flexibility index (Phi) is 6.98. The van der Waals surface area contributed by atoms with Gasteiger partial charge in [0.15, 0.2) is 0 Å². The smallest absolute Gasteiger partial charge is 0.271 e. The Morgan fingerprint density at radius 2 is 1.76 bits per heavy atom. The van der Waals surface area contributed by atoms with Crippen molar-refractivity contribution in [2.45, 2.75) is 18.7 Å². The molecule has 0 fully saturated rings. The number of anilines is 2. The van der Waals surface area contributed by atoms with Gasteiger partial charge in [0.05, 0.1) is 23.4 Å². The fraction of sp³-hybridized carbons (Fsp3) is 0.174. The molecule has 0 atom stereocenters. The van der Waals surface area contributed by atoms with Crippen LogP contribution in [0.1, 0.15) is 11.1 Å². The quantitative estimate of drug-likeness (QED) is 0.393. The highest BCUT2D eigenvalue weighted by atomic mass is 32.2. The van der Waals surface area contributed by atoms with Gasteiger partial charge >= 0.3 is 0 Å². The van der Waals surface area contributed by atoms with Crippen molar-refractivity contribution in [1.82, 2.24) is 0 Å². The number of nitrogens with zero attached hydrogens (tertiary/aromatic N) is 2. The molecule has 9 nitrogen and oxygen atoms in total. The first-order valence-electron chi connectivity index (χ1n) is 9.91. The zero-order chi connectivity index (χ0) is 24.2. The first kappa shape index (κ1) is 23.7. The van der Waals surface area contributed by atoms with Crippen molar-refractivity contribution in [1.29, 1.82) is 0 Å². The zero-order valence-electron chi connectivity index (χ0n) is 18.3. The van der Waals surface area contributed by atoms with Gasteiger partial charge in [0.25, 0.3) is 15.7 Å². The van der Waals surface area contributed by atoms with Gasteiger partial charge in [-0.15, -0.1) is 0 Å². The summed E-state index contributed by atoms with van der Waals surface area (Å²) < 4.78 is 33.5. The number of carbonyl (C=O) groups is 1. The van der Waals surface area contributed by atoms with Crippen molar-refractivity contribution in [3.63, 3.8) is 0 Å². The number of para-hydroxylation sites is 1. The van der Waals surface area contributed by atoms with E-state index < -0.39 is 27.4 Å². The van der Waals surface area contributed by atoms with E-state index in [2.05, 4.69) is 5.32 Å². The van der Waals surface area contributed by atoms with Crippen LogP contribution in [-0.2, 0) is 14.8 Å². The van der Waals surface area contributed by atoms with Crippen LogP contribution < -0.4 is 14.4 Å². The molecule has 3 aromatic rings. The van der Waals surface area contributed by atoms with E-state index in [-0.39, 0.29) is 27.7 Å². The molecular weight excluding hydrogens is 446 g/mol. The first-order valence-corrected chi connectivity index (χ1v) is 11.3. The maximum atomic E-state index is 13.6. The van der Waals surface area contributed by atoms with E-state index >= 15 is 0 Å². The maximum Gasteiger partial charge on any atom is 0.271 e. The maximum absolute atomic E-state index is 13.6. The number of ether oxygens (including phenoxy) is 1. The molecule has 0 bridgehead atoms. The summed E-state index contributed by atoms with van der Waals surface area (Å²) in [5.74, 6) is -0.505. The van der Waals surface area contributed by atoms with Crippen LogP contribution in [0.3, 0.4) is 0 Å². The number of hydrogen-bond acceptors (Lipinski definition) is 6. The van der Waals surface area contributed by atoms with Gasteiger partial charge in [-0.25, -0.2) is 8.42 Å². The summed E-state index contributed by atoms with van der Waals surface area (Å²) in [6, 6.07) is 17.0. The highest BCUT2D eigenvalue weighted by Crippen LogP contribution is 2.31. The number of hydrogen-bond donors (Lipinski definition) is 1. The van der Waals surface area contributed by atoms with Crippen molar-refractivity contribution in [2.75, 3.05) is 23.3 Å². The topological polar surface area (TPSA) is 119 Å². The highest BCUT2D eigenvalue weighted by Gasteiger charge is 2.30. The van der Waals surface area contributed by atoms with Crippen LogP contribution in [0.25, 0.3) is 0 Å². The van der Waals surface area contributed by atoms with Crippen LogP contribution in [0.5, 0.6) is 5.75 Å². The molecule has 0 saturated heterocycles. The van der Waals surface area contributed by atoms with E-state index in [0.717, 1.165) is 4.31 Å². The molecule has 1 N–H and O–H groups in total. The number of benzene rings is 3. The van der Waals surface area contributed by atoms with Crippen LogP contribution in [0.4, 0.5) is 17.1 Å². The summed E-state index contributed by atoms with van der Waals surface area (Å²) in [5.41, 5.74) is 1.63. The van der Waals surface area contributed by atoms with E-state index in [1.165, 1.54) is 31.4 Å². The number of rotatable bonds is 8.